The van der Waals surface area contributed by atoms with Crippen molar-refractivity contribution in [2.75, 3.05) is 6.26 Å². The Balaban J connectivity index is 2.30. The normalized spacial score (nSPS) is 17.4. The van der Waals surface area contributed by atoms with Gasteiger partial charge < -0.3 is 4.18 Å². The van der Waals surface area contributed by atoms with Crippen LogP contribution < -0.4 is 4.18 Å². The summed E-state index contributed by atoms with van der Waals surface area (Å²) in [6.45, 7) is 0. The van der Waals surface area contributed by atoms with Gasteiger partial charge in [0.2, 0.25) is 5.75 Å². The van der Waals surface area contributed by atoms with E-state index in [9.17, 15) is 17.2 Å². The molecule has 106 valence electrons. The van der Waals surface area contributed by atoms with E-state index in [4.69, 9.17) is 0 Å². The van der Waals surface area contributed by atoms with Gasteiger partial charge in [-0.05, 0) is 36.5 Å². The van der Waals surface area contributed by atoms with E-state index in [1.54, 1.807) is 0 Å². The number of benzene rings is 1. The summed E-state index contributed by atoms with van der Waals surface area (Å²) < 4.78 is 53.7. The van der Waals surface area contributed by atoms with Crippen molar-refractivity contribution in [3.8, 4) is 5.75 Å². The zero-order chi connectivity index (χ0) is 14.0. The number of rotatable bonds is 3. The first kappa shape index (κ1) is 14.2. The first-order valence-electron chi connectivity index (χ1n) is 6.25. The SMILES string of the molecule is CS(=O)(=O)Oc1c(F)cc(C2CCCCC2)cc1F. The minimum absolute atomic E-state index is 0.144. The van der Waals surface area contributed by atoms with Crippen LogP contribution in [0.5, 0.6) is 5.75 Å². The number of hydrogen-bond donors (Lipinski definition) is 0. The van der Waals surface area contributed by atoms with E-state index >= 15 is 0 Å². The van der Waals surface area contributed by atoms with Gasteiger partial charge in [-0.25, -0.2) is 8.78 Å². The van der Waals surface area contributed by atoms with Gasteiger partial charge in [0.05, 0.1) is 6.26 Å². The molecule has 0 amide bonds. The molecule has 1 aliphatic carbocycles. The second-order valence-electron chi connectivity index (χ2n) is 4.94. The molecule has 0 bridgehead atoms. The summed E-state index contributed by atoms with van der Waals surface area (Å²) in [4.78, 5) is 0. The highest BCUT2D eigenvalue weighted by molar-refractivity contribution is 7.86. The van der Waals surface area contributed by atoms with Gasteiger partial charge in [-0.1, -0.05) is 19.3 Å². The zero-order valence-corrected chi connectivity index (χ0v) is 11.5. The van der Waals surface area contributed by atoms with Crippen molar-refractivity contribution in [1.82, 2.24) is 0 Å². The molecule has 2 rings (SSSR count). The van der Waals surface area contributed by atoms with E-state index in [1.807, 2.05) is 0 Å². The summed E-state index contributed by atoms with van der Waals surface area (Å²) in [5.74, 6) is -2.64. The maximum atomic E-state index is 13.8. The first-order valence-corrected chi connectivity index (χ1v) is 8.07. The van der Waals surface area contributed by atoms with Crippen LogP contribution in [-0.4, -0.2) is 14.7 Å². The molecule has 0 unspecified atom stereocenters. The van der Waals surface area contributed by atoms with Crippen LogP contribution in [0.3, 0.4) is 0 Å². The summed E-state index contributed by atoms with van der Waals surface area (Å²) in [7, 11) is -3.94. The molecule has 1 aromatic carbocycles. The van der Waals surface area contributed by atoms with Gasteiger partial charge in [-0.15, -0.1) is 0 Å². The average molecular weight is 290 g/mol. The minimum Gasteiger partial charge on any atom is -0.376 e. The van der Waals surface area contributed by atoms with Gasteiger partial charge in [0.1, 0.15) is 0 Å². The summed E-state index contributed by atoms with van der Waals surface area (Å²) in [5, 5.41) is 0. The Morgan fingerprint density at radius 1 is 1.11 bits per heavy atom. The summed E-state index contributed by atoms with van der Waals surface area (Å²) in [5.41, 5.74) is 0.579. The predicted octanol–water partition coefficient (Wildman–Crippen LogP) is 3.35. The van der Waals surface area contributed by atoms with Gasteiger partial charge >= 0.3 is 10.1 Å². The molecule has 1 aromatic rings. The first-order chi connectivity index (χ1) is 8.87. The molecule has 0 aliphatic heterocycles. The Bertz CT molecular complexity index is 540. The van der Waals surface area contributed by atoms with Crippen LogP contribution in [0.15, 0.2) is 12.1 Å². The summed E-state index contributed by atoms with van der Waals surface area (Å²) >= 11 is 0. The van der Waals surface area contributed by atoms with Crippen molar-refractivity contribution in [2.45, 2.75) is 38.0 Å². The van der Waals surface area contributed by atoms with E-state index in [0.29, 0.717) is 5.56 Å². The van der Waals surface area contributed by atoms with E-state index in [2.05, 4.69) is 4.18 Å². The van der Waals surface area contributed by atoms with Crippen molar-refractivity contribution in [3.05, 3.63) is 29.3 Å². The second-order valence-corrected chi connectivity index (χ2v) is 6.51. The molecule has 0 atom stereocenters. The summed E-state index contributed by atoms with van der Waals surface area (Å²) in [6, 6.07) is 2.36. The molecule has 6 heteroatoms. The third kappa shape index (κ3) is 3.65. The standard InChI is InChI=1S/C13H16F2O3S/c1-19(16,17)18-13-11(14)7-10(8-12(13)15)9-5-3-2-4-6-9/h7-9H,2-6H2,1H3. The fraction of sp³-hybridized carbons (Fsp3) is 0.538. The van der Waals surface area contributed by atoms with Crippen molar-refractivity contribution in [2.24, 2.45) is 0 Å². The van der Waals surface area contributed by atoms with Crippen molar-refractivity contribution in [3.63, 3.8) is 0 Å². The smallest absolute Gasteiger partial charge is 0.306 e. The van der Waals surface area contributed by atoms with Crippen LogP contribution in [0.25, 0.3) is 0 Å². The quantitative estimate of drug-likeness (QED) is 0.802. The monoisotopic (exact) mass is 290 g/mol. The van der Waals surface area contributed by atoms with E-state index in [1.165, 1.54) is 12.1 Å². The van der Waals surface area contributed by atoms with Crippen LogP contribution in [0.1, 0.15) is 43.6 Å². The van der Waals surface area contributed by atoms with Crippen LogP contribution in [0.2, 0.25) is 0 Å². The molecule has 1 aliphatic rings. The molecule has 0 spiro atoms. The van der Waals surface area contributed by atoms with Gasteiger partial charge in [-0.3, -0.25) is 0 Å². The summed E-state index contributed by atoms with van der Waals surface area (Å²) in [6.07, 6.45) is 5.82. The minimum atomic E-state index is -3.94. The van der Waals surface area contributed by atoms with Gasteiger partial charge in [0.15, 0.2) is 11.6 Å². The van der Waals surface area contributed by atoms with Crippen molar-refractivity contribution in [1.29, 1.82) is 0 Å². The lowest BCUT2D eigenvalue weighted by atomic mass is 9.84. The Hall–Kier alpha value is -1.17. The molecule has 0 aromatic heterocycles. The molecule has 1 saturated carbocycles. The lowest BCUT2D eigenvalue weighted by molar-refractivity contribution is 0.423. The van der Waals surface area contributed by atoms with Gasteiger partial charge in [-0.2, -0.15) is 8.42 Å². The highest BCUT2D eigenvalue weighted by Crippen LogP contribution is 2.35. The van der Waals surface area contributed by atoms with Crippen molar-refractivity contribution < 1.29 is 21.4 Å². The Morgan fingerprint density at radius 3 is 2.11 bits per heavy atom. The Morgan fingerprint density at radius 2 is 1.63 bits per heavy atom. The lowest BCUT2D eigenvalue weighted by Crippen LogP contribution is -2.10. The molecular weight excluding hydrogens is 274 g/mol. The second kappa shape index (κ2) is 5.45. The third-order valence-corrected chi connectivity index (χ3v) is 3.80. The molecule has 3 nitrogen and oxygen atoms in total. The third-order valence-electron chi connectivity index (χ3n) is 3.33. The largest absolute Gasteiger partial charge is 0.376 e. The fourth-order valence-corrected chi connectivity index (χ4v) is 2.94. The highest BCUT2D eigenvalue weighted by atomic mass is 32.2. The fourth-order valence-electron chi connectivity index (χ4n) is 2.48. The van der Waals surface area contributed by atoms with Crippen LogP contribution in [-0.2, 0) is 10.1 Å². The van der Waals surface area contributed by atoms with Crippen LogP contribution in [0, 0.1) is 11.6 Å². The topological polar surface area (TPSA) is 43.4 Å². The highest BCUT2D eigenvalue weighted by Gasteiger charge is 2.22. The van der Waals surface area contributed by atoms with Crippen LogP contribution in [0.4, 0.5) is 8.78 Å². The van der Waals surface area contributed by atoms with Crippen LogP contribution >= 0.6 is 0 Å². The Kier molecular flexibility index (Phi) is 4.08. The lowest BCUT2D eigenvalue weighted by Gasteiger charge is -2.22. The molecule has 19 heavy (non-hydrogen) atoms. The van der Waals surface area contributed by atoms with Crippen molar-refractivity contribution >= 4 is 10.1 Å². The molecule has 0 N–H and O–H groups in total. The predicted molar refractivity (Wildman–Crippen MR) is 67.7 cm³/mol. The maximum Gasteiger partial charge on any atom is 0.306 e. The molecule has 0 saturated heterocycles. The van der Waals surface area contributed by atoms with Gasteiger partial charge in [0.25, 0.3) is 0 Å². The van der Waals surface area contributed by atoms with E-state index in [0.717, 1.165) is 38.4 Å². The Labute approximate surface area is 111 Å². The van der Waals surface area contributed by atoms with E-state index < -0.39 is 27.5 Å². The molecule has 0 radical (unpaired) electrons. The zero-order valence-electron chi connectivity index (χ0n) is 10.7. The van der Waals surface area contributed by atoms with Gasteiger partial charge in [0, 0.05) is 0 Å². The number of hydrogen-bond acceptors (Lipinski definition) is 3. The molecule has 0 heterocycles. The molecular formula is C13H16F2O3S. The number of halogens is 2. The maximum absolute atomic E-state index is 13.8. The molecule has 1 fully saturated rings. The average Bonchev–Trinajstić information content (AvgIpc) is 2.33. The van der Waals surface area contributed by atoms with E-state index in [-0.39, 0.29) is 5.92 Å².